The van der Waals surface area contributed by atoms with Gasteiger partial charge in [0.25, 0.3) is 0 Å². The first-order chi connectivity index (χ1) is 14.8. The van der Waals surface area contributed by atoms with Gasteiger partial charge in [-0.3, -0.25) is 4.99 Å². The van der Waals surface area contributed by atoms with E-state index in [0.29, 0.717) is 32.1 Å². The summed E-state index contributed by atoms with van der Waals surface area (Å²) >= 11 is 0. The smallest absolute Gasteiger partial charge is 0.158 e. The second-order valence-electron chi connectivity index (χ2n) is 9.24. The second kappa shape index (κ2) is 16.7. The Hall–Kier alpha value is -0.860. The number of unbranched alkanes of at least 4 members (excludes halogenated alkanes) is 4. The molecule has 7 heteroatoms. The van der Waals surface area contributed by atoms with Crippen molar-refractivity contribution in [3.8, 4) is 0 Å². The monoisotopic (exact) mass is 443 g/mol. The molecule has 31 heavy (non-hydrogen) atoms. The topological polar surface area (TPSA) is 109 Å². The van der Waals surface area contributed by atoms with Crippen molar-refractivity contribution >= 4 is 12.5 Å². The highest BCUT2D eigenvalue weighted by Crippen LogP contribution is 2.28. The molecule has 3 N–H and O–H groups in total. The molecule has 0 amide bonds. The number of aliphatic imine (C=N–C) groups is 1. The molecule has 1 heterocycles. The van der Waals surface area contributed by atoms with E-state index in [1.807, 2.05) is 20.1 Å². The van der Waals surface area contributed by atoms with Gasteiger partial charge in [-0.25, -0.2) is 0 Å². The highest BCUT2D eigenvalue weighted by atomic mass is 16.7. The molecular formula is C24H45NO6. The minimum absolute atomic E-state index is 0.0933. The van der Waals surface area contributed by atoms with Crippen molar-refractivity contribution < 1.29 is 29.6 Å². The van der Waals surface area contributed by atoms with Crippen LogP contribution >= 0.6 is 0 Å². The van der Waals surface area contributed by atoms with Crippen LogP contribution in [0.2, 0.25) is 0 Å². The summed E-state index contributed by atoms with van der Waals surface area (Å²) in [6.45, 7) is 6.43. The van der Waals surface area contributed by atoms with Crippen molar-refractivity contribution in [2.45, 2.75) is 128 Å². The molecule has 6 unspecified atom stereocenters. The number of hydrogen-bond acceptors (Lipinski definition) is 7. The average molecular weight is 444 g/mol. The molecule has 0 saturated carbocycles. The Labute approximate surface area is 188 Å². The Bertz CT molecular complexity index is 485. The number of carbonyl (C=O) groups excluding carboxylic acids is 1. The lowest BCUT2D eigenvalue weighted by Crippen LogP contribution is -2.41. The van der Waals surface area contributed by atoms with E-state index >= 15 is 0 Å². The molecule has 0 aromatic rings. The highest BCUT2D eigenvalue weighted by molar-refractivity contribution is 5.57. The zero-order valence-electron chi connectivity index (χ0n) is 19.7. The van der Waals surface area contributed by atoms with E-state index in [0.717, 1.165) is 51.4 Å². The van der Waals surface area contributed by atoms with Crippen LogP contribution < -0.4 is 0 Å². The third kappa shape index (κ3) is 14.0. The van der Waals surface area contributed by atoms with Gasteiger partial charge >= 0.3 is 0 Å². The maximum atomic E-state index is 10.3. The molecule has 182 valence electrons. The van der Waals surface area contributed by atoms with Crippen LogP contribution in [-0.2, 0) is 14.3 Å². The van der Waals surface area contributed by atoms with E-state index in [1.165, 1.54) is 0 Å². The van der Waals surface area contributed by atoms with E-state index in [-0.39, 0.29) is 24.4 Å². The zero-order valence-corrected chi connectivity index (χ0v) is 19.7. The summed E-state index contributed by atoms with van der Waals surface area (Å²) in [5, 5.41) is 30.0. The Kier molecular flexibility index (Phi) is 15.2. The normalized spacial score (nSPS) is 25.1. The van der Waals surface area contributed by atoms with Crippen LogP contribution in [0.4, 0.5) is 0 Å². The first-order valence-corrected chi connectivity index (χ1v) is 12.1. The largest absolute Gasteiger partial charge is 0.393 e. The Morgan fingerprint density at radius 2 is 1.65 bits per heavy atom. The van der Waals surface area contributed by atoms with E-state index in [9.17, 15) is 20.1 Å². The van der Waals surface area contributed by atoms with Gasteiger partial charge in [-0.05, 0) is 76.8 Å². The van der Waals surface area contributed by atoms with Crippen LogP contribution in [0.1, 0.15) is 91.4 Å². The van der Waals surface area contributed by atoms with Gasteiger partial charge in [0.15, 0.2) is 6.29 Å². The molecule has 1 rings (SSSR count). The maximum absolute atomic E-state index is 10.3. The third-order valence-corrected chi connectivity index (χ3v) is 5.65. The van der Waals surface area contributed by atoms with Crippen molar-refractivity contribution in [1.29, 1.82) is 0 Å². The van der Waals surface area contributed by atoms with Gasteiger partial charge in [0.05, 0.1) is 30.5 Å². The summed E-state index contributed by atoms with van der Waals surface area (Å²) in [6, 6.07) is 0. The summed E-state index contributed by atoms with van der Waals surface area (Å²) in [5.41, 5.74) is 0. The first kappa shape index (κ1) is 28.2. The lowest BCUT2D eigenvalue weighted by molar-refractivity contribution is -0.254. The van der Waals surface area contributed by atoms with Crippen LogP contribution in [-0.4, -0.2) is 71.2 Å². The predicted octanol–water partition coefficient (Wildman–Crippen LogP) is 3.42. The van der Waals surface area contributed by atoms with Gasteiger partial charge in [0.2, 0.25) is 0 Å². The van der Waals surface area contributed by atoms with E-state index < -0.39 is 18.3 Å². The molecule has 1 aliphatic heterocycles. The fourth-order valence-electron chi connectivity index (χ4n) is 3.80. The highest BCUT2D eigenvalue weighted by Gasteiger charge is 2.32. The van der Waals surface area contributed by atoms with Crippen LogP contribution in [0.3, 0.4) is 0 Å². The van der Waals surface area contributed by atoms with Gasteiger partial charge in [-0.1, -0.05) is 13.8 Å². The fraction of sp³-hybridized carbons (Fsp3) is 0.917. The summed E-state index contributed by atoms with van der Waals surface area (Å²) in [7, 11) is 0. The van der Waals surface area contributed by atoms with Crippen molar-refractivity contribution in [3.63, 3.8) is 0 Å². The molecule has 0 bridgehead atoms. The standard InChI is InChI=1S/C24H45NO6/c1-18(2)23(29)17-22-16-21(15-20(28)14-19(3)27)30-24(31-22)10-6-8-12-25-11-7-4-5-9-13-26/h11,13,18-24,27-29H,4-10,12,14-17H2,1-3H3. The molecular weight excluding hydrogens is 398 g/mol. The molecule has 7 nitrogen and oxygen atoms in total. The third-order valence-electron chi connectivity index (χ3n) is 5.65. The lowest BCUT2D eigenvalue weighted by Gasteiger charge is -2.38. The van der Waals surface area contributed by atoms with Crippen LogP contribution in [0, 0.1) is 5.92 Å². The first-order valence-electron chi connectivity index (χ1n) is 12.1. The summed E-state index contributed by atoms with van der Waals surface area (Å²) in [6.07, 6.45) is 8.85. The number of carbonyl (C=O) groups is 1. The summed E-state index contributed by atoms with van der Waals surface area (Å²) in [4.78, 5) is 14.7. The Balaban J connectivity index is 2.41. The van der Waals surface area contributed by atoms with Crippen molar-refractivity contribution in [1.82, 2.24) is 0 Å². The lowest BCUT2D eigenvalue weighted by atomic mass is 9.94. The molecule has 0 aromatic heterocycles. The van der Waals surface area contributed by atoms with E-state index in [2.05, 4.69) is 4.99 Å². The number of ether oxygens (including phenoxy) is 2. The van der Waals surface area contributed by atoms with Crippen molar-refractivity contribution in [3.05, 3.63) is 0 Å². The minimum Gasteiger partial charge on any atom is -0.393 e. The molecule has 1 aliphatic rings. The van der Waals surface area contributed by atoms with Crippen LogP contribution in [0.25, 0.3) is 0 Å². The predicted molar refractivity (Wildman–Crippen MR) is 122 cm³/mol. The van der Waals surface area contributed by atoms with Crippen molar-refractivity contribution in [2.75, 3.05) is 6.54 Å². The number of rotatable bonds is 17. The van der Waals surface area contributed by atoms with Crippen molar-refractivity contribution in [2.24, 2.45) is 10.9 Å². The van der Waals surface area contributed by atoms with Crippen LogP contribution in [0.15, 0.2) is 4.99 Å². The second-order valence-corrected chi connectivity index (χ2v) is 9.24. The molecule has 0 aliphatic carbocycles. The Morgan fingerprint density at radius 3 is 2.29 bits per heavy atom. The zero-order chi connectivity index (χ0) is 23.1. The van der Waals surface area contributed by atoms with E-state index in [4.69, 9.17) is 9.47 Å². The fourth-order valence-corrected chi connectivity index (χ4v) is 3.80. The molecule has 6 atom stereocenters. The van der Waals surface area contributed by atoms with Gasteiger partial charge in [0.1, 0.15) is 6.29 Å². The van der Waals surface area contributed by atoms with Gasteiger partial charge in [0, 0.05) is 19.4 Å². The molecule has 1 fully saturated rings. The number of aliphatic hydroxyl groups is 3. The number of aliphatic hydroxyl groups excluding tert-OH is 3. The number of aldehydes is 1. The number of nitrogens with zero attached hydrogens (tertiary/aromatic N) is 1. The van der Waals surface area contributed by atoms with Gasteiger partial charge < -0.3 is 29.6 Å². The number of hydrogen-bond donors (Lipinski definition) is 3. The summed E-state index contributed by atoms with van der Waals surface area (Å²) in [5.74, 6) is 0.167. The quantitative estimate of drug-likeness (QED) is 0.181. The van der Waals surface area contributed by atoms with Gasteiger partial charge in [-0.15, -0.1) is 0 Å². The molecule has 0 aromatic carbocycles. The Morgan fingerprint density at radius 1 is 0.968 bits per heavy atom. The summed E-state index contributed by atoms with van der Waals surface area (Å²) < 4.78 is 12.2. The maximum Gasteiger partial charge on any atom is 0.158 e. The molecule has 1 saturated heterocycles. The van der Waals surface area contributed by atoms with Gasteiger partial charge in [-0.2, -0.15) is 0 Å². The SMILES string of the molecule is CC(O)CC(O)CC1CC(CC(O)C(C)C)OC(CCCCN=CCCCCC=O)O1. The minimum atomic E-state index is -0.611. The van der Waals surface area contributed by atoms with Crippen LogP contribution in [0.5, 0.6) is 0 Å². The average Bonchev–Trinajstić information content (AvgIpc) is 2.68. The van der Waals surface area contributed by atoms with E-state index in [1.54, 1.807) is 6.92 Å². The molecule has 0 spiro atoms. The molecule has 0 radical (unpaired) electrons.